The Bertz CT molecular complexity index is 425. The average Bonchev–Trinajstić information content (AvgIpc) is 2.97. The summed E-state index contributed by atoms with van der Waals surface area (Å²) in [5.41, 5.74) is -0.619. The highest BCUT2D eigenvalue weighted by atomic mass is 28.4. The van der Waals surface area contributed by atoms with E-state index in [1.807, 2.05) is 13.0 Å². The lowest BCUT2D eigenvalue weighted by molar-refractivity contribution is -0.119. The molecule has 3 nitrogen and oxygen atoms in total. The van der Waals surface area contributed by atoms with E-state index in [2.05, 4.69) is 40.8 Å². The number of ether oxygens (including phenoxy) is 1. The van der Waals surface area contributed by atoms with E-state index in [4.69, 9.17) is 9.16 Å². The second-order valence-corrected chi connectivity index (χ2v) is 11.9. The maximum absolute atomic E-state index is 11.7. The Morgan fingerprint density at radius 1 is 1.42 bits per heavy atom. The summed E-state index contributed by atoms with van der Waals surface area (Å²) in [5.74, 6) is 0.634. The highest BCUT2D eigenvalue weighted by molar-refractivity contribution is 6.74. The van der Waals surface area contributed by atoms with Crippen molar-refractivity contribution in [2.24, 2.45) is 5.92 Å². The van der Waals surface area contributed by atoms with Crippen LogP contribution in [0.15, 0.2) is 12.2 Å². The van der Waals surface area contributed by atoms with Crippen molar-refractivity contribution in [1.82, 2.24) is 0 Å². The standard InChI is InChI=1S/C15H26O3Si/c1-10(2)14(3,4)19(6,7)18-11-8-9-12(16)15(5)13(11)17-15/h8-11,13H,1-7H3/t11-,13+,15-/m0/s1. The molecule has 0 aromatic carbocycles. The third-order valence-electron chi connectivity index (χ3n) is 5.51. The van der Waals surface area contributed by atoms with Crippen molar-refractivity contribution in [2.45, 2.75) is 70.6 Å². The second-order valence-electron chi connectivity index (χ2n) is 7.34. The fourth-order valence-corrected chi connectivity index (χ4v) is 5.12. The highest BCUT2D eigenvalue weighted by Crippen LogP contribution is 2.49. The minimum atomic E-state index is -1.89. The molecule has 1 aliphatic carbocycles. The first kappa shape index (κ1) is 14.9. The third kappa shape index (κ3) is 2.24. The lowest BCUT2D eigenvalue weighted by Crippen LogP contribution is -2.49. The van der Waals surface area contributed by atoms with E-state index < -0.39 is 13.9 Å². The van der Waals surface area contributed by atoms with Gasteiger partial charge in [0.15, 0.2) is 19.7 Å². The molecule has 0 amide bonds. The first-order valence-corrected chi connectivity index (χ1v) is 10.0. The molecule has 0 N–H and O–H groups in total. The average molecular weight is 282 g/mol. The van der Waals surface area contributed by atoms with E-state index in [0.717, 1.165) is 0 Å². The number of carbonyl (C=O) groups excluding carboxylic acids is 1. The van der Waals surface area contributed by atoms with Crippen molar-refractivity contribution < 1.29 is 14.0 Å². The molecule has 19 heavy (non-hydrogen) atoms. The monoisotopic (exact) mass is 282 g/mol. The van der Waals surface area contributed by atoms with Crippen molar-refractivity contribution in [3.05, 3.63) is 12.2 Å². The van der Waals surface area contributed by atoms with Gasteiger partial charge in [-0.1, -0.05) is 33.8 Å². The Morgan fingerprint density at radius 2 is 2.00 bits per heavy atom. The van der Waals surface area contributed by atoms with E-state index in [1.165, 1.54) is 0 Å². The number of fused-ring (bicyclic) bond motifs is 1. The normalized spacial score (nSPS) is 34.6. The number of carbonyl (C=O) groups is 1. The van der Waals surface area contributed by atoms with Gasteiger partial charge in [0.25, 0.3) is 0 Å². The molecule has 0 unspecified atom stereocenters. The van der Waals surface area contributed by atoms with Gasteiger partial charge >= 0.3 is 0 Å². The summed E-state index contributed by atoms with van der Waals surface area (Å²) in [5, 5.41) is 0.174. The molecule has 0 bridgehead atoms. The zero-order chi connectivity index (χ0) is 14.6. The van der Waals surface area contributed by atoms with Crippen LogP contribution in [-0.4, -0.2) is 31.9 Å². The largest absolute Gasteiger partial charge is 0.408 e. The summed E-state index contributed by atoms with van der Waals surface area (Å²) in [4.78, 5) is 11.7. The Morgan fingerprint density at radius 3 is 2.53 bits per heavy atom. The van der Waals surface area contributed by atoms with Crippen molar-refractivity contribution in [3.63, 3.8) is 0 Å². The molecule has 4 heteroatoms. The Labute approximate surface area is 117 Å². The van der Waals surface area contributed by atoms with Gasteiger partial charge in [0.1, 0.15) is 6.10 Å². The summed E-state index contributed by atoms with van der Waals surface area (Å²) in [6.07, 6.45) is 3.36. The van der Waals surface area contributed by atoms with Crippen LogP contribution in [0.1, 0.15) is 34.6 Å². The van der Waals surface area contributed by atoms with E-state index in [-0.39, 0.29) is 23.0 Å². The number of epoxide rings is 1. The van der Waals surface area contributed by atoms with Crippen molar-refractivity contribution in [1.29, 1.82) is 0 Å². The smallest absolute Gasteiger partial charge is 0.193 e. The van der Waals surface area contributed by atoms with E-state index in [9.17, 15) is 4.79 Å². The van der Waals surface area contributed by atoms with Crippen LogP contribution in [0.4, 0.5) is 0 Å². The maximum Gasteiger partial charge on any atom is 0.193 e. The number of hydrogen-bond acceptors (Lipinski definition) is 3. The Balaban J connectivity index is 2.14. The van der Waals surface area contributed by atoms with Crippen LogP contribution in [0, 0.1) is 5.92 Å². The van der Waals surface area contributed by atoms with Gasteiger partial charge in [0.2, 0.25) is 0 Å². The number of hydrogen-bond donors (Lipinski definition) is 0. The molecule has 0 saturated carbocycles. The molecule has 2 aliphatic rings. The lowest BCUT2D eigenvalue weighted by atomic mass is 9.93. The molecule has 0 radical (unpaired) electrons. The topological polar surface area (TPSA) is 38.8 Å². The molecule has 1 heterocycles. The summed E-state index contributed by atoms with van der Waals surface area (Å²) >= 11 is 0. The minimum Gasteiger partial charge on any atom is -0.408 e. The Kier molecular flexibility index (Phi) is 3.36. The molecule has 108 valence electrons. The predicted octanol–water partition coefficient (Wildman–Crippen LogP) is 3.31. The van der Waals surface area contributed by atoms with Gasteiger partial charge in [0, 0.05) is 0 Å². The molecule has 1 aliphatic heterocycles. The second kappa shape index (κ2) is 4.27. The first-order chi connectivity index (χ1) is 8.52. The molecule has 0 spiro atoms. The van der Waals surface area contributed by atoms with E-state index >= 15 is 0 Å². The van der Waals surface area contributed by atoms with Crippen LogP contribution in [0.2, 0.25) is 18.1 Å². The van der Waals surface area contributed by atoms with Gasteiger partial charge in [-0.3, -0.25) is 4.79 Å². The zero-order valence-electron chi connectivity index (χ0n) is 13.1. The molecule has 1 saturated heterocycles. The highest BCUT2D eigenvalue weighted by Gasteiger charge is 2.63. The maximum atomic E-state index is 11.7. The van der Waals surface area contributed by atoms with E-state index in [0.29, 0.717) is 5.92 Å². The molecule has 2 rings (SSSR count). The predicted molar refractivity (Wildman–Crippen MR) is 78.7 cm³/mol. The Hall–Kier alpha value is -0.453. The lowest BCUT2D eigenvalue weighted by Gasteiger charge is -2.44. The van der Waals surface area contributed by atoms with Crippen LogP contribution in [-0.2, 0) is 14.0 Å². The quantitative estimate of drug-likeness (QED) is 0.586. The third-order valence-corrected chi connectivity index (χ3v) is 10.1. The van der Waals surface area contributed by atoms with E-state index in [1.54, 1.807) is 6.08 Å². The van der Waals surface area contributed by atoms with Gasteiger partial charge < -0.3 is 9.16 Å². The molecule has 0 aromatic rings. The van der Waals surface area contributed by atoms with Gasteiger partial charge in [0.05, 0.1) is 6.10 Å². The number of ketones is 1. The molecule has 3 atom stereocenters. The van der Waals surface area contributed by atoms with Gasteiger partial charge in [-0.25, -0.2) is 0 Å². The van der Waals surface area contributed by atoms with Crippen molar-refractivity contribution >= 4 is 14.1 Å². The van der Waals surface area contributed by atoms with Crippen LogP contribution >= 0.6 is 0 Å². The number of rotatable bonds is 4. The summed E-state index contributed by atoms with van der Waals surface area (Å²) < 4.78 is 12.0. The van der Waals surface area contributed by atoms with Crippen LogP contribution in [0.5, 0.6) is 0 Å². The molecular weight excluding hydrogens is 256 g/mol. The van der Waals surface area contributed by atoms with Crippen LogP contribution in [0.3, 0.4) is 0 Å². The van der Waals surface area contributed by atoms with Crippen molar-refractivity contribution in [2.75, 3.05) is 0 Å². The van der Waals surface area contributed by atoms with Crippen LogP contribution < -0.4 is 0 Å². The van der Waals surface area contributed by atoms with Gasteiger partial charge in [-0.05, 0) is 37.0 Å². The minimum absolute atomic E-state index is 0.0672. The summed E-state index contributed by atoms with van der Waals surface area (Å²) in [6, 6.07) is 0. The fraction of sp³-hybridized carbons (Fsp3) is 0.800. The van der Waals surface area contributed by atoms with Gasteiger partial charge in [-0.15, -0.1) is 0 Å². The summed E-state index contributed by atoms with van der Waals surface area (Å²) in [6.45, 7) is 15.4. The first-order valence-electron chi connectivity index (χ1n) is 7.10. The van der Waals surface area contributed by atoms with Gasteiger partial charge in [-0.2, -0.15) is 0 Å². The molecule has 0 aromatic heterocycles. The molecule has 1 fully saturated rings. The molecular formula is C15H26O3Si. The zero-order valence-corrected chi connectivity index (χ0v) is 14.1. The fourth-order valence-electron chi connectivity index (χ4n) is 2.55. The van der Waals surface area contributed by atoms with Crippen LogP contribution in [0.25, 0.3) is 0 Å². The van der Waals surface area contributed by atoms with Crippen molar-refractivity contribution in [3.8, 4) is 0 Å². The SMILES string of the molecule is CC(C)C(C)(C)[Si](C)(C)O[C@H]1C=CC(=O)[C@]2(C)O[C@H]12. The summed E-state index contributed by atoms with van der Waals surface area (Å²) in [7, 11) is -1.89.